The van der Waals surface area contributed by atoms with Gasteiger partial charge >= 0.3 is 0 Å². The number of aldehydes is 4. The van der Waals surface area contributed by atoms with Crippen LogP contribution < -0.4 is 0 Å². The minimum absolute atomic E-state index is 1.28. The van der Waals surface area contributed by atoms with Crippen molar-refractivity contribution in [2.24, 2.45) is 0 Å². The summed E-state index contributed by atoms with van der Waals surface area (Å²) in [7, 11) is 0. The summed E-state index contributed by atoms with van der Waals surface area (Å²) in [6.45, 7) is -1.28. The quantitative estimate of drug-likeness (QED) is 0.263. The second-order valence-electron chi connectivity index (χ2n) is 5.50. The molecule has 0 aromatic rings. The molecule has 0 aliphatic carbocycles. The number of rotatable bonds is 9. The zero-order chi connectivity index (χ0) is 22.1. The van der Waals surface area contributed by atoms with Gasteiger partial charge in [0.25, 0.3) is 0 Å². The molecule has 1 fully saturated rings. The molecule has 136 valence electrons. The van der Waals surface area contributed by atoms with Gasteiger partial charge < -0.3 is 49.4 Å². The molecule has 10 nitrogen and oxygen atoms in total. The van der Waals surface area contributed by atoms with E-state index in [2.05, 4.69) is 0 Å². The number of aliphatic hydroxyl groups excluding tert-OH is 1. The van der Waals surface area contributed by atoms with Crippen molar-refractivity contribution >= 4 is 25.0 Å². The Labute approximate surface area is 142 Å². The fraction of sp³-hybridized carbons (Fsp3) is 0.714. The normalized spacial score (nSPS) is 44.6. The molecule has 10 heteroatoms. The third kappa shape index (κ3) is 2.61. The second kappa shape index (κ2) is 7.13. The topological polar surface area (TPSA) is 179 Å². The van der Waals surface area contributed by atoms with Crippen molar-refractivity contribution in [1.82, 2.24) is 0 Å². The molecule has 1 unspecified atom stereocenters. The highest BCUT2D eigenvalue weighted by molar-refractivity contribution is 5.61. The van der Waals surface area contributed by atoms with E-state index in [9.17, 15) is 44.7 Å². The molecule has 5 N–H and O–H groups in total. The zero-order valence-electron chi connectivity index (χ0n) is 16.4. The van der Waals surface area contributed by atoms with Gasteiger partial charge in [-0.25, -0.2) is 0 Å². The molecule has 0 saturated carbocycles. The molecule has 0 bridgehead atoms. The van der Waals surface area contributed by atoms with Crippen LogP contribution in [0.5, 0.6) is 0 Å². The van der Waals surface area contributed by atoms with Gasteiger partial charge in [-0.15, -0.1) is 0 Å². The van der Waals surface area contributed by atoms with E-state index < -0.39 is 86.0 Å². The number of aliphatic hydroxyl groups is 5. The summed E-state index contributed by atoms with van der Waals surface area (Å²) < 4.78 is 33.1. The first-order chi connectivity index (χ1) is 12.6. The molecular weight excluding hydrogens is 328 g/mol. The summed E-state index contributed by atoms with van der Waals surface area (Å²) in [5.74, 6) is -3.38. The zero-order valence-corrected chi connectivity index (χ0v) is 12.4. The van der Waals surface area contributed by atoms with Crippen LogP contribution >= 0.6 is 0 Å². The summed E-state index contributed by atoms with van der Waals surface area (Å²) >= 11 is 0. The van der Waals surface area contributed by atoms with Crippen molar-refractivity contribution in [1.29, 1.82) is 0 Å². The number of hydrogen-bond acceptors (Lipinski definition) is 10. The van der Waals surface area contributed by atoms with Gasteiger partial charge in [0, 0.05) is 19.3 Å². The van der Waals surface area contributed by atoms with Crippen molar-refractivity contribution in [2.45, 2.75) is 54.4 Å². The van der Waals surface area contributed by atoms with Crippen molar-refractivity contribution in [3.8, 4) is 0 Å². The molecule has 0 aromatic heterocycles. The first kappa shape index (κ1) is 14.8. The molecule has 5 atom stereocenters. The number of ether oxygens (including phenoxy) is 1. The van der Waals surface area contributed by atoms with Crippen molar-refractivity contribution in [2.75, 3.05) is 6.61 Å². The van der Waals surface area contributed by atoms with Gasteiger partial charge in [-0.05, 0) is 0 Å². The minimum Gasteiger partial charge on any atom is -0.394 e. The van der Waals surface area contributed by atoms with Gasteiger partial charge in [0.15, 0.2) is 5.60 Å². The molecule has 24 heavy (non-hydrogen) atoms. The van der Waals surface area contributed by atoms with E-state index in [1.54, 1.807) is 0 Å². The molecule has 0 amide bonds. The third-order valence-electron chi connectivity index (χ3n) is 4.39. The van der Waals surface area contributed by atoms with Crippen LogP contribution in [0.2, 0.25) is 0 Å². The highest BCUT2D eigenvalue weighted by Gasteiger charge is 2.76. The van der Waals surface area contributed by atoms with Crippen molar-refractivity contribution in [3.63, 3.8) is 0 Å². The predicted molar refractivity (Wildman–Crippen MR) is 74.5 cm³/mol. The van der Waals surface area contributed by atoms with E-state index in [1.165, 1.54) is 0 Å². The van der Waals surface area contributed by atoms with Crippen molar-refractivity contribution < 1.29 is 54.9 Å². The predicted octanol–water partition coefficient (Wildman–Crippen LogP) is -3.38. The molecule has 1 aliphatic rings. The number of carbonyl (C=O) groups is 4. The van der Waals surface area contributed by atoms with Gasteiger partial charge in [-0.2, -0.15) is 0 Å². The Morgan fingerprint density at radius 2 is 1.29 bits per heavy atom. The SMILES string of the molecule is [2H]C(=O)CC1(O)O[C@H](CO)[C@](O)(CC([2H])=O)[C@@](O)(CC([2H])=O)[C@]1(O)CC([2H])=O. The Kier molecular flexibility index (Phi) is 4.38. The standard InChI is InChI=1S/C14H20O10/c15-5-1-11(20)10(9-19)24-14(23,4-8-18)13(22,3-7-17)12(11,21)2-6-16/h5-8,10,19-23H,1-4,9H2/t10-,11-,12+,13-,14?/m1/s1/i5D,6D,7D,8D. The van der Waals surface area contributed by atoms with E-state index in [1.807, 2.05) is 0 Å². The van der Waals surface area contributed by atoms with E-state index in [-0.39, 0.29) is 0 Å². The lowest BCUT2D eigenvalue weighted by Gasteiger charge is -2.62. The van der Waals surface area contributed by atoms with E-state index >= 15 is 0 Å². The van der Waals surface area contributed by atoms with E-state index in [0.717, 1.165) is 0 Å². The molecule has 1 heterocycles. The van der Waals surface area contributed by atoms with Gasteiger partial charge in [0.2, 0.25) is 5.79 Å². The first-order valence-corrected chi connectivity index (χ1v) is 6.74. The Morgan fingerprint density at radius 3 is 1.71 bits per heavy atom. The molecular formula is C14H20O10. The summed E-state index contributed by atoms with van der Waals surface area (Å²) in [4.78, 5) is 45.4. The van der Waals surface area contributed by atoms with Crippen LogP contribution in [0.4, 0.5) is 0 Å². The molecule has 0 radical (unpaired) electrons. The maximum absolute atomic E-state index is 11.4. The summed E-state index contributed by atoms with van der Waals surface area (Å²) in [5, 5.41) is 53.2. The van der Waals surface area contributed by atoms with Gasteiger partial charge in [-0.3, -0.25) is 0 Å². The van der Waals surface area contributed by atoms with Crippen LogP contribution in [0.25, 0.3) is 0 Å². The number of carbonyl (C=O) groups excluding carboxylic acids is 4. The summed E-state index contributed by atoms with van der Waals surface area (Å²) in [5.41, 5.74) is -10.3. The van der Waals surface area contributed by atoms with E-state index in [4.69, 9.17) is 10.2 Å². The molecule has 0 aromatic carbocycles. The molecule has 1 rings (SSSR count). The lowest BCUT2D eigenvalue weighted by atomic mass is 9.59. The lowest BCUT2D eigenvalue weighted by molar-refractivity contribution is -0.436. The largest absolute Gasteiger partial charge is 0.394 e. The number of hydrogen-bond donors (Lipinski definition) is 5. The minimum atomic E-state index is -3.55. The Morgan fingerprint density at radius 1 is 0.833 bits per heavy atom. The fourth-order valence-electron chi connectivity index (χ4n) is 3.01. The second-order valence-corrected chi connectivity index (χ2v) is 5.50. The van der Waals surface area contributed by atoms with Crippen LogP contribution in [0.15, 0.2) is 0 Å². The lowest BCUT2D eigenvalue weighted by Crippen LogP contribution is -2.84. The van der Waals surface area contributed by atoms with Gasteiger partial charge in [0.1, 0.15) is 47.8 Å². The first-order valence-electron chi connectivity index (χ1n) is 8.74. The summed E-state index contributed by atoms with van der Waals surface area (Å²) in [6.07, 6.45) is -14.7. The Bertz CT molecular complexity index is 689. The Balaban J connectivity index is 3.89. The maximum atomic E-state index is 11.4. The highest BCUT2D eigenvalue weighted by atomic mass is 16.7. The molecule has 1 saturated heterocycles. The maximum Gasteiger partial charge on any atom is 0.205 e. The van der Waals surface area contributed by atoms with Crippen molar-refractivity contribution in [3.05, 3.63) is 0 Å². The van der Waals surface area contributed by atoms with Crippen LogP contribution in [-0.2, 0) is 23.9 Å². The Hall–Kier alpha value is -1.56. The van der Waals surface area contributed by atoms with Gasteiger partial charge in [0.05, 0.1) is 13.0 Å². The van der Waals surface area contributed by atoms with Crippen LogP contribution in [0.1, 0.15) is 31.2 Å². The summed E-state index contributed by atoms with van der Waals surface area (Å²) in [6, 6.07) is 0. The van der Waals surface area contributed by atoms with Crippen LogP contribution in [0.3, 0.4) is 0 Å². The third-order valence-corrected chi connectivity index (χ3v) is 4.39. The van der Waals surface area contributed by atoms with Gasteiger partial charge in [-0.1, -0.05) is 0 Å². The van der Waals surface area contributed by atoms with Crippen LogP contribution in [-0.4, -0.2) is 85.9 Å². The fourth-order valence-corrected chi connectivity index (χ4v) is 3.01. The monoisotopic (exact) mass is 352 g/mol. The average molecular weight is 352 g/mol. The molecule has 0 spiro atoms. The average Bonchev–Trinajstić information content (AvgIpc) is 2.48. The van der Waals surface area contributed by atoms with E-state index in [0.29, 0.717) is 0 Å². The highest BCUT2D eigenvalue weighted by Crippen LogP contribution is 2.53. The molecule has 1 aliphatic heterocycles. The smallest absolute Gasteiger partial charge is 0.205 e. The van der Waals surface area contributed by atoms with Crippen LogP contribution in [0, 0.1) is 0 Å².